The van der Waals surface area contributed by atoms with Gasteiger partial charge in [0.2, 0.25) is 10.0 Å². The molecule has 0 unspecified atom stereocenters. The van der Waals surface area contributed by atoms with Crippen LogP contribution in [0.25, 0.3) is 0 Å². The molecule has 8 nitrogen and oxygen atoms in total. The first-order valence-electron chi connectivity index (χ1n) is 8.70. The summed E-state index contributed by atoms with van der Waals surface area (Å²) < 4.78 is 78.7. The van der Waals surface area contributed by atoms with Crippen LogP contribution in [0.3, 0.4) is 0 Å². The van der Waals surface area contributed by atoms with E-state index in [4.69, 9.17) is 9.47 Å². The number of anilines is 1. The first-order chi connectivity index (χ1) is 13.6. The summed E-state index contributed by atoms with van der Waals surface area (Å²) in [5.41, 5.74) is 0.220. The highest BCUT2D eigenvalue weighted by molar-refractivity contribution is 7.92. The van der Waals surface area contributed by atoms with E-state index in [0.717, 1.165) is 12.1 Å². The van der Waals surface area contributed by atoms with E-state index in [1.165, 1.54) is 42.6 Å². The Labute approximate surface area is 169 Å². The van der Waals surface area contributed by atoms with E-state index < -0.39 is 25.9 Å². The smallest absolute Gasteiger partial charge is 0.261 e. The Morgan fingerprint density at radius 3 is 2.38 bits per heavy atom. The van der Waals surface area contributed by atoms with Gasteiger partial charge in [0.25, 0.3) is 10.0 Å². The van der Waals surface area contributed by atoms with Crippen molar-refractivity contribution in [2.75, 3.05) is 38.1 Å². The molecule has 0 saturated carbocycles. The molecule has 1 N–H and O–H groups in total. The molecule has 0 amide bonds. The van der Waals surface area contributed by atoms with Crippen molar-refractivity contribution in [3.05, 3.63) is 47.8 Å². The highest BCUT2D eigenvalue weighted by atomic mass is 32.2. The van der Waals surface area contributed by atoms with Crippen LogP contribution >= 0.6 is 0 Å². The molecule has 0 aromatic heterocycles. The van der Waals surface area contributed by atoms with Crippen LogP contribution in [0.1, 0.15) is 5.56 Å². The quantitative estimate of drug-likeness (QED) is 0.731. The average Bonchev–Trinajstić information content (AvgIpc) is 2.70. The van der Waals surface area contributed by atoms with Gasteiger partial charge >= 0.3 is 0 Å². The summed E-state index contributed by atoms with van der Waals surface area (Å²) in [6.45, 7) is 2.39. The van der Waals surface area contributed by atoms with Gasteiger partial charge in [-0.2, -0.15) is 4.31 Å². The zero-order valence-electron chi connectivity index (χ0n) is 15.9. The zero-order chi connectivity index (χ0) is 21.2. The van der Waals surface area contributed by atoms with Crippen molar-refractivity contribution in [3.8, 4) is 5.75 Å². The van der Waals surface area contributed by atoms with Crippen molar-refractivity contribution in [1.29, 1.82) is 0 Å². The van der Waals surface area contributed by atoms with E-state index in [0.29, 0.717) is 0 Å². The summed E-state index contributed by atoms with van der Waals surface area (Å²) in [6.07, 6.45) is 0. The second-order valence-electron chi connectivity index (χ2n) is 6.40. The Hall–Kier alpha value is -2.21. The lowest BCUT2D eigenvalue weighted by Gasteiger charge is -2.26. The molecule has 11 heteroatoms. The molecule has 29 heavy (non-hydrogen) atoms. The third kappa shape index (κ3) is 4.53. The van der Waals surface area contributed by atoms with Crippen molar-refractivity contribution >= 4 is 25.7 Å². The van der Waals surface area contributed by atoms with Gasteiger partial charge in [-0.15, -0.1) is 0 Å². The van der Waals surface area contributed by atoms with E-state index in [9.17, 15) is 21.2 Å². The predicted octanol–water partition coefficient (Wildman–Crippen LogP) is 1.96. The van der Waals surface area contributed by atoms with Gasteiger partial charge in [-0.3, -0.25) is 4.72 Å². The third-order valence-electron chi connectivity index (χ3n) is 4.44. The fourth-order valence-corrected chi connectivity index (χ4v) is 5.59. The number of morpholine rings is 1. The van der Waals surface area contributed by atoms with Gasteiger partial charge in [0.05, 0.1) is 30.9 Å². The molecule has 2 aromatic carbocycles. The summed E-state index contributed by atoms with van der Waals surface area (Å²) >= 11 is 0. The molecule has 0 aliphatic carbocycles. The fourth-order valence-electron chi connectivity index (χ4n) is 2.87. The molecule has 158 valence electrons. The SMILES string of the molecule is COc1ccc(NS(=O)(=O)c2ccc(F)c(C)c2)cc1S(=O)(=O)N1CCOCC1. The van der Waals surface area contributed by atoms with Gasteiger partial charge < -0.3 is 9.47 Å². The molecule has 0 atom stereocenters. The molecule has 3 rings (SSSR count). The van der Waals surface area contributed by atoms with Gasteiger partial charge in [0.15, 0.2) is 0 Å². The van der Waals surface area contributed by atoms with Crippen LogP contribution in [0.2, 0.25) is 0 Å². The standard InChI is InChI=1S/C18H21FN2O6S2/c1-13-11-15(4-5-16(13)19)28(22,23)20-14-3-6-17(26-2)18(12-14)29(24,25)21-7-9-27-10-8-21/h3-6,11-12,20H,7-10H2,1-2H3. The third-order valence-corrected chi connectivity index (χ3v) is 7.74. The Kier molecular flexibility index (Phi) is 6.13. The van der Waals surface area contributed by atoms with Crippen LogP contribution in [-0.4, -0.2) is 54.6 Å². The van der Waals surface area contributed by atoms with E-state index in [2.05, 4.69) is 4.72 Å². The van der Waals surface area contributed by atoms with Crippen LogP contribution in [-0.2, 0) is 24.8 Å². The van der Waals surface area contributed by atoms with Crippen LogP contribution < -0.4 is 9.46 Å². The zero-order valence-corrected chi connectivity index (χ0v) is 17.5. The maximum absolute atomic E-state index is 13.4. The number of rotatable bonds is 6. The summed E-state index contributed by atoms with van der Waals surface area (Å²) in [7, 11) is -6.63. The summed E-state index contributed by atoms with van der Waals surface area (Å²) in [5.74, 6) is -0.427. The number of benzene rings is 2. The van der Waals surface area contributed by atoms with Gasteiger partial charge in [0, 0.05) is 13.1 Å². The minimum atomic E-state index is -4.05. The molecular formula is C18H21FN2O6S2. The van der Waals surface area contributed by atoms with Crippen molar-refractivity contribution in [2.45, 2.75) is 16.7 Å². The van der Waals surface area contributed by atoms with Crippen LogP contribution in [0.4, 0.5) is 10.1 Å². The molecule has 1 heterocycles. The van der Waals surface area contributed by atoms with Crippen LogP contribution in [0.15, 0.2) is 46.2 Å². The Bertz CT molecular complexity index is 1110. The first-order valence-corrected chi connectivity index (χ1v) is 11.6. The molecule has 0 radical (unpaired) electrons. The minimum Gasteiger partial charge on any atom is -0.495 e. The second-order valence-corrected chi connectivity index (χ2v) is 9.99. The fraction of sp³-hybridized carbons (Fsp3) is 0.333. The number of nitrogens with one attached hydrogen (secondary N) is 1. The highest BCUT2D eigenvalue weighted by Gasteiger charge is 2.30. The lowest BCUT2D eigenvalue weighted by Crippen LogP contribution is -2.40. The minimum absolute atomic E-state index is 0.0413. The molecule has 1 fully saturated rings. The maximum Gasteiger partial charge on any atom is 0.261 e. The monoisotopic (exact) mass is 444 g/mol. The summed E-state index contributed by atoms with van der Waals surface area (Å²) in [4.78, 5) is -0.290. The summed E-state index contributed by atoms with van der Waals surface area (Å²) in [6, 6.07) is 7.38. The number of methoxy groups -OCH3 is 1. The lowest BCUT2D eigenvalue weighted by molar-refractivity contribution is 0.0729. The molecule has 1 aliphatic heterocycles. The molecule has 1 aliphatic rings. The van der Waals surface area contributed by atoms with Crippen LogP contribution in [0, 0.1) is 12.7 Å². The number of aryl methyl sites for hydroxylation is 1. The van der Waals surface area contributed by atoms with E-state index >= 15 is 0 Å². The number of halogens is 1. The van der Waals surface area contributed by atoms with E-state index in [1.807, 2.05) is 0 Å². The van der Waals surface area contributed by atoms with E-state index in [-0.39, 0.29) is 53.1 Å². The second kappa shape index (κ2) is 8.27. The Balaban J connectivity index is 1.97. The average molecular weight is 445 g/mol. The largest absolute Gasteiger partial charge is 0.495 e. The van der Waals surface area contributed by atoms with Gasteiger partial charge in [-0.05, 0) is 48.9 Å². The summed E-state index contributed by atoms with van der Waals surface area (Å²) in [5, 5.41) is 0. The number of hydrogen-bond acceptors (Lipinski definition) is 6. The van der Waals surface area contributed by atoms with Crippen molar-refractivity contribution in [3.63, 3.8) is 0 Å². The molecule has 1 saturated heterocycles. The molecular weight excluding hydrogens is 423 g/mol. The maximum atomic E-state index is 13.4. The van der Waals surface area contributed by atoms with Crippen LogP contribution in [0.5, 0.6) is 5.75 Å². The highest BCUT2D eigenvalue weighted by Crippen LogP contribution is 2.31. The molecule has 0 bridgehead atoms. The number of nitrogens with zero attached hydrogens (tertiary/aromatic N) is 1. The Morgan fingerprint density at radius 2 is 1.76 bits per heavy atom. The van der Waals surface area contributed by atoms with Crippen molar-refractivity contribution < 1.29 is 30.7 Å². The van der Waals surface area contributed by atoms with Crippen molar-refractivity contribution in [2.24, 2.45) is 0 Å². The van der Waals surface area contributed by atoms with Gasteiger partial charge in [0.1, 0.15) is 16.5 Å². The Morgan fingerprint density at radius 1 is 1.07 bits per heavy atom. The topological polar surface area (TPSA) is 102 Å². The molecule has 0 spiro atoms. The van der Waals surface area contributed by atoms with Gasteiger partial charge in [-0.25, -0.2) is 21.2 Å². The van der Waals surface area contributed by atoms with Crippen molar-refractivity contribution in [1.82, 2.24) is 4.31 Å². The lowest BCUT2D eigenvalue weighted by atomic mass is 10.2. The first kappa shape index (κ1) is 21.5. The predicted molar refractivity (Wildman–Crippen MR) is 105 cm³/mol. The van der Waals surface area contributed by atoms with Gasteiger partial charge in [-0.1, -0.05) is 0 Å². The normalized spacial score (nSPS) is 15.8. The number of hydrogen-bond donors (Lipinski definition) is 1. The van der Waals surface area contributed by atoms with E-state index in [1.54, 1.807) is 0 Å². The number of ether oxygens (including phenoxy) is 2. The molecule has 2 aromatic rings. The number of sulfonamides is 2.